The first-order chi connectivity index (χ1) is 14.2. The van der Waals surface area contributed by atoms with Crippen molar-refractivity contribution in [1.29, 1.82) is 0 Å². The molecule has 4 rings (SSSR count). The fourth-order valence-electron chi connectivity index (χ4n) is 3.82. The van der Waals surface area contributed by atoms with Gasteiger partial charge in [-0.05, 0) is 37.1 Å². The Hall–Kier alpha value is -2.54. The molecule has 0 atom stereocenters. The fraction of sp³-hybridized carbons (Fsp3) is 0.409. The minimum atomic E-state index is 0.0439. The lowest BCUT2D eigenvalue weighted by atomic mass is 10.2. The minimum absolute atomic E-state index is 0.0439. The number of carbonyl (C=O) groups is 2. The van der Waals surface area contributed by atoms with E-state index >= 15 is 0 Å². The van der Waals surface area contributed by atoms with E-state index in [4.69, 9.17) is 0 Å². The van der Waals surface area contributed by atoms with Crippen LogP contribution in [-0.4, -0.2) is 71.6 Å². The molecule has 0 spiro atoms. The van der Waals surface area contributed by atoms with Crippen molar-refractivity contribution in [3.05, 3.63) is 54.2 Å². The van der Waals surface area contributed by atoms with E-state index in [2.05, 4.69) is 9.88 Å². The van der Waals surface area contributed by atoms with E-state index < -0.39 is 0 Å². The van der Waals surface area contributed by atoms with Crippen LogP contribution in [0, 0.1) is 0 Å². The topological polar surface area (TPSA) is 56.8 Å². The molecule has 0 saturated carbocycles. The van der Waals surface area contributed by atoms with Gasteiger partial charge >= 0.3 is 0 Å². The van der Waals surface area contributed by atoms with Crippen molar-refractivity contribution in [2.75, 3.05) is 49.9 Å². The molecule has 2 aliphatic heterocycles. The van der Waals surface area contributed by atoms with Gasteiger partial charge in [-0.3, -0.25) is 9.59 Å². The first-order valence-electron chi connectivity index (χ1n) is 10.2. The first kappa shape index (κ1) is 19.8. The lowest BCUT2D eigenvalue weighted by Gasteiger charge is -2.35. The van der Waals surface area contributed by atoms with Crippen molar-refractivity contribution >= 4 is 29.4 Å². The number of benzene rings is 1. The molecule has 1 aromatic heterocycles. The maximum Gasteiger partial charge on any atom is 0.255 e. The van der Waals surface area contributed by atoms with Gasteiger partial charge in [0.15, 0.2) is 0 Å². The monoisotopic (exact) mass is 410 g/mol. The summed E-state index contributed by atoms with van der Waals surface area (Å²) >= 11 is 1.47. The molecule has 0 aliphatic carbocycles. The molecule has 0 N–H and O–H groups in total. The maximum absolute atomic E-state index is 13.1. The highest BCUT2D eigenvalue weighted by Crippen LogP contribution is 2.25. The summed E-state index contributed by atoms with van der Waals surface area (Å²) in [6, 6.07) is 13.5. The van der Waals surface area contributed by atoms with Gasteiger partial charge in [0.2, 0.25) is 5.91 Å². The van der Waals surface area contributed by atoms with Gasteiger partial charge in [-0.2, -0.15) is 0 Å². The standard InChI is InChI=1S/C22H26N4O2S/c27-21(25-11-5-6-12-25)17-29-19-8-2-1-7-18(19)22(28)26-15-13-24(14-16-26)20-9-3-4-10-23-20/h1-4,7-10H,5-6,11-17H2. The Morgan fingerprint density at radius 3 is 2.31 bits per heavy atom. The molecular formula is C22H26N4O2S. The van der Waals surface area contributed by atoms with Gasteiger partial charge in [0.05, 0.1) is 11.3 Å². The smallest absolute Gasteiger partial charge is 0.255 e. The Kier molecular flexibility index (Phi) is 6.34. The zero-order valence-corrected chi connectivity index (χ0v) is 17.3. The molecule has 2 saturated heterocycles. The zero-order chi connectivity index (χ0) is 20.1. The van der Waals surface area contributed by atoms with E-state index in [0.29, 0.717) is 24.4 Å². The van der Waals surface area contributed by atoms with Crippen LogP contribution in [0.3, 0.4) is 0 Å². The summed E-state index contributed by atoms with van der Waals surface area (Å²) in [5, 5.41) is 0. The highest BCUT2D eigenvalue weighted by Gasteiger charge is 2.25. The van der Waals surface area contributed by atoms with Crippen LogP contribution in [-0.2, 0) is 4.79 Å². The van der Waals surface area contributed by atoms with E-state index in [1.54, 1.807) is 6.20 Å². The average molecular weight is 411 g/mol. The van der Waals surface area contributed by atoms with Crippen molar-refractivity contribution in [2.24, 2.45) is 0 Å². The minimum Gasteiger partial charge on any atom is -0.353 e. The van der Waals surface area contributed by atoms with Gasteiger partial charge in [0, 0.05) is 50.4 Å². The second-order valence-electron chi connectivity index (χ2n) is 7.34. The summed E-state index contributed by atoms with van der Waals surface area (Å²) in [5.41, 5.74) is 0.693. The first-order valence-corrected chi connectivity index (χ1v) is 11.2. The van der Waals surface area contributed by atoms with E-state index in [1.165, 1.54) is 11.8 Å². The molecule has 2 aromatic rings. The van der Waals surface area contributed by atoms with E-state index in [-0.39, 0.29) is 11.8 Å². The molecule has 0 radical (unpaired) electrons. The zero-order valence-electron chi connectivity index (χ0n) is 16.5. The van der Waals surface area contributed by atoms with Crippen LogP contribution in [0.2, 0.25) is 0 Å². The molecule has 152 valence electrons. The Labute approximate surface area is 175 Å². The van der Waals surface area contributed by atoms with E-state index in [9.17, 15) is 9.59 Å². The normalized spacial score (nSPS) is 16.9. The molecule has 2 amide bonds. The third-order valence-corrected chi connectivity index (χ3v) is 6.53. The molecular weight excluding hydrogens is 384 g/mol. The van der Waals surface area contributed by atoms with Crippen molar-refractivity contribution in [2.45, 2.75) is 17.7 Å². The van der Waals surface area contributed by atoms with Crippen LogP contribution in [0.25, 0.3) is 0 Å². The van der Waals surface area contributed by atoms with Crippen molar-refractivity contribution in [3.8, 4) is 0 Å². The molecule has 0 bridgehead atoms. The number of thioether (sulfide) groups is 1. The van der Waals surface area contributed by atoms with Gasteiger partial charge in [-0.15, -0.1) is 11.8 Å². The number of anilines is 1. The summed E-state index contributed by atoms with van der Waals surface area (Å²) in [7, 11) is 0. The summed E-state index contributed by atoms with van der Waals surface area (Å²) in [4.78, 5) is 36.8. The number of amides is 2. The predicted molar refractivity (Wildman–Crippen MR) is 115 cm³/mol. The lowest BCUT2D eigenvalue weighted by Crippen LogP contribution is -2.49. The summed E-state index contributed by atoms with van der Waals surface area (Å²) in [6.45, 7) is 4.60. The predicted octanol–water partition coefficient (Wildman–Crippen LogP) is 2.76. The lowest BCUT2D eigenvalue weighted by molar-refractivity contribution is -0.127. The fourth-order valence-corrected chi connectivity index (χ4v) is 4.76. The van der Waals surface area contributed by atoms with Crippen LogP contribution in [0.1, 0.15) is 23.2 Å². The van der Waals surface area contributed by atoms with Gasteiger partial charge in [0.25, 0.3) is 5.91 Å². The van der Waals surface area contributed by atoms with Crippen LogP contribution < -0.4 is 4.90 Å². The van der Waals surface area contributed by atoms with Gasteiger partial charge < -0.3 is 14.7 Å². The Morgan fingerprint density at radius 1 is 0.862 bits per heavy atom. The molecule has 7 heteroatoms. The third-order valence-electron chi connectivity index (χ3n) is 5.47. The highest BCUT2D eigenvalue weighted by molar-refractivity contribution is 8.00. The number of hydrogen-bond donors (Lipinski definition) is 0. The molecule has 29 heavy (non-hydrogen) atoms. The largest absolute Gasteiger partial charge is 0.353 e. The number of rotatable bonds is 5. The number of carbonyl (C=O) groups excluding carboxylic acids is 2. The van der Waals surface area contributed by atoms with Crippen molar-refractivity contribution < 1.29 is 9.59 Å². The van der Waals surface area contributed by atoms with Crippen LogP contribution in [0.15, 0.2) is 53.6 Å². The van der Waals surface area contributed by atoms with Crippen LogP contribution in [0.5, 0.6) is 0 Å². The van der Waals surface area contributed by atoms with Crippen LogP contribution in [0.4, 0.5) is 5.82 Å². The highest BCUT2D eigenvalue weighted by atomic mass is 32.2. The van der Waals surface area contributed by atoms with Crippen LogP contribution >= 0.6 is 11.8 Å². The molecule has 2 fully saturated rings. The molecule has 0 unspecified atom stereocenters. The number of piperazine rings is 1. The number of nitrogens with zero attached hydrogens (tertiary/aromatic N) is 4. The van der Waals surface area contributed by atoms with E-state index in [0.717, 1.165) is 49.7 Å². The van der Waals surface area contributed by atoms with E-state index in [1.807, 2.05) is 52.3 Å². The quantitative estimate of drug-likeness (QED) is 0.710. The average Bonchev–Trinajstić information content (AvgIpc) is 3.33. The summed E-state index contributed by atoms with van der Waals surface area (Å²) in [5.74, 6) is 1.55. The van der Waals surface area contributed by atoms with Gasteiger partial charge in [-0.25, -0.2) is 4.98 Å². The van der Waals surface area contributed by atoms with Crippen molar-refractivity contribution in [1.82, 2.24) is 14.8 Å². The summed E-state index contributed by atoms with van der Waals surface area (Å²) in [6.07, 6.45) is 3.98. The molecule has 2 aliphatic rings. The molecule has 3 heterocycles. The SMILES string of the molecule is O=C(CSc1ccccc1C(=O)N1CCN(c2ccccn2)CC1)N1CCCC1. The Morgan fingerprint density at radius 2 is 1.59 bits per heavy atom. The third kappa shape index (κ3) is 4.72. The second kappa shape index (κ2) is 9.31. The number of aromatic nitrogens is 1. The van der Waals surface area contributed by atoms with Crippen molar-refractivity contribution in [3.63, 3.8) is 0 Å². The maximum atomic E-state index is 13.1. The Balaban J connectivity index is 1.37. The summed E-state index contributed by atoms with van der Waals surface area (Å²) < 4.78 is 0. The molecule has 1 aromatic carbocycles. The molecule has 6 nitrogen and oxygen atoms in total. The van der Waals surface area contributed by atoms with Gasteiger partial charge in [0.1, 0.15) is 5.82 Å². The number of likely N-dealkylation sites (tertiary alicyclic amines) is 1. The number of hydrogen-bond acceptors (Lipinski definition) is 5. The second-order valence-corrected chi connectivity index (χ2v) is 8.36. The number of pyridine rings is 1. The Bertz CT molecular complexity index is 847. The van der Waals surface area contributed by atoms with Gasteiger partial charge in [-0.1, -0.05) is 18.2 Å².